The van der Waals surface area contributed by atoms with Crippen LogP contribution in [0, 0.1) is 17.8 Å². The van der Waals surface area contributed by atoms with E-state index >= 15 is 0 Å². The highest BCUT2D eigenvalue weighted by atomic mass is 16.5. The van der Waals surface area contributed by atoms with Crippen molar-refractivity contribution in [2.24, 2.45) is 17.8 Å². The molecule has 0 heterocycles. The highest BCUT2D eigenvalue weighted by Gasteiger charge is 2.48. The molecule has 0 amide bonds. The van der Waals surface area contributed by atoms with Gasteiger partial charge in [-0.3, -0.25) is 0 Å². The van der Waals surface area contributed by atoms with Crippen molar-refractivity contribution in [3.05, 3.63) is 11.1 Å². The van der Waals surface area contributed by atoms with E-state index < -0.39 is 11.9 Å². The van der Waals surface area contributed by atoms with Crippen LogP contribution in [0.15, 0.2) is 11.1 Å². The minimum absolute atomic E-state index is 0.0431. The monoisotopic (exact) mass is 210 g/mol. The fraction of sp³-hybridized carbons (Fsp3) is 0.636. The van der Waals surface area contributed by atoms with Gasteiger partial charge in [0.2, 0.25) is 0 Å². The molecule has 0 aromatic heterocycles. The second kappa shape index (κ2) is 3.36. The number of hydrogen-bond donors (Lipinski definition) is 1. The lowest BCUT2D eigenvalue weighted by Crippen LogP contribution is -2.22. The summed E-state index contributed by atoms with van der Waals surface area (Å²) in [5.41, 5.74) is 0.707. The third-order valence-electron chi connectivity index (χ3n) is 3.59. The number of carbonyl (C=O) groups excluding carboxylic acids is 1. The summed E-state index contributed by atoms with van der Waals surface area (Å²) in [5.74, 6) is -0.916. The van der Waals surface area contributed by atoms with Gasteiger partial charge in [-0.2, -0.15) is 0 Å². The summed E-state index contributed by atoms with van der Waals surface area (Å²) in [6.45, 7) is 2.04. The molecule has 4 heteroatoms. The lowest BCUT2D eigenvalue weighted by atomic mass is 9.84. The fourth-order valence-corrected chi connectivity index (χ4v) is 2.97. The molecule has 2 bridgehead atoms. The Balaban J connectivity index is 2.43. The van der Waals surface area contributed by atoms with Crippen LogP contribution in [0.25, 0.3) is 0 Å². The first-order valence-corrected chi connectivity index (χ1v) is 5.12. The van der Waals surface area contributed by atoms with E-state index in [9.17, 15) is 9.59 Å². The van der Waals surface area contributed by atoms with Gasteiger partial charge in [0.15, 0.2) is 0 Å². The maximum absolute atomic E-state index is 11.5. The molecule has 0 aromatic carbocycles. The molecule has 0 aromatic rings. The highest BCUT2D eigenvalue weighted by Crippen LogP contribution is 2.51. The van der Waals surface area contributed by atoms with Crippen molar-refractivity contribution in [2.75, 3.05) is 7.11 Å². The topological polar surface area (TPSA) is 63.6 Å². The second-order valence-corrected chi connectivity index (χ2v) is 4.38. The Morgan fingerprint density at radius 1 is 1.33 bits per heavy atom. The molecule has 4 nitrogen and oxygen atoms in total. The van der Waals surface area contributed by atoms with Gasteiger partial charge in [-0.1, -0.05) is 6.92 Å². The van der Waals surface area contributed by atoms with Crippen molar-refractivity contribution >= 4 is 11.9 Å². The molecule has 0 spiro atoms. The summed E-state index contributed by atoms with van der Waals surface area (Å²) in [4.78, 5) is 22.6. The van der Waals surface area contributed by atoms with Crippen LogP contribution in [0.4, 0.5) is 0 Å². The molecule has 2 rings (SSSR count). The molecule has 1 fully saturated rings. The van der Waals surface area contributed by atoms with Crippen LogP contribution in [0.2, 0.25) is 0 Å². The molecule has 2 aliphatic rings. The lowest BCUT2D eigenvalue weighted by molar-refractivity contribution is -0.138. The standard InChI is InChI=1S/C11H14O4/c1-5-3-6-4-7(5)9(10(12)13)8(6)11(14)15-2/h5-7H,3-4H2,1-2H3,(H,12,13). The Morgan fingerprint density at radius 3 is 2.53 bits per heavy atom. The summed E-state index contributed by atoms with van der Waals surface area (Å²) in [7, 11) is 1.30. The molecule has 1 saturated carbocycles. The number of esters is 1. The average molecular weight is 210 g/mol. The second-order valence-electron chi connectivity index (χ2n) is 4.38. The van der Waals surface area contributed by atoms with Gasteiger partial charge in [-0.15, -0.1) is 0 Å². The molecule has 0 saturated heterocycles. The Morgan fingerprint density at radius 2 is 2.00 bits per heavy atom. The molecule has 2 aliphatic carbocycles. The van der Waals surface area contributed by atoms with E-state index in [4.69, 9.17) is 5.11 Å². The molecule has 1 N–H and O–H groups in total. The van der Waals surface area contributed by atoms with Crippen molar-refractivity contribution in [3.8, 4) is 0 Å². The predicted octanol–water partition coefficient (Wildman–Crippen LogP) is 1.22. The van der Waals surface area contributed by atoms with Crippen molar-refractivity contribution < 1.29 is 19.4 Å². The number of fused-ring (bicyclic) bond motifs is 2. The number of carboxylic acid groups (broad SMARTS) is 1. The first-order chi connectivity index (χ1) is 7.06. The van der Waals surface area contributed by atoms with Gasteiger partial charge >= 0.3 is 11.9 Å². The summed E-state index contributed by atoms with van der Waals surface area (Å²) >= 11 is 0. The van der Waals surface area contributed by atoms with E-state index in [-0.39, 0.29) is 11.8 Å². The first-order valence-electron chi connectivity index (χ1n) is 5.12. The van der Waals surface area contributed by atoms with Gasteiger partial charge in [-0.05, 0) is 30.6 Å². The third kappa shape index (κ3) is 1.35. The van der Waals surface area contributed by atoms with Gasteiger partial charge in [-0.25, -0.2) is 9.59 Å². The minimum Gasteiger partial charge on any atom is -0.478 e. The van der Waals surface area contributed by atoms with Crippen molar-refractivity contribution in [1.82, 2.24) is 0 Å². The van der Waals surface area contributed by atoms with Crippen LogP contribution in [0.1, 0.15) is 19.8 Å². The van der Waals surface area contributed by atoms with Crippen molar-refractivity contribution in [1.29, 1.82) is 0 Å². The molecule has 3 atom stereocenters. The Hall–Kier alpha value is -1.32. The predicted molar refractivity (Wildman–Crippen MR) is 52.1 cm³/mol. The van der Waals surface area contributed by atoms with Crippen LogP contribution in [0.3, 0.4) is 0 Å². The summed E-state index contributed by atoms with van der Waals surface area (Å²) in [6.07, 6.45) is 1.71. The van der Waals surface area contributed by atoms with E-state index in [0.29, 0.717) is 17.1 Å². The smallest absolute Gasteiger partial charge is 0.334 e. The van der Waals surface area contributed by atoms with Crippen LogP contribution in [-0.2, 0) is 14.3 Å². The molecule has 0 radical (unpaired) electrons. The van der Waals surface area contributed by atoms with E-state index in [1.807, 2.05) is 6.92 Å². The van der Waals surface area contributed by atoms with E-state index in [1.165, 1.54) is 7.11 Å². The molecule has 82 valence electrons. The molecule has 15 heavy (non-hydrogen) atoms. The maximum Gasteiger partial charge on any atom is 0.334 e. The van der Waals surface area contributed by atoms with E-state index in [1.54, 1.807) is 0 Å². The van der Waals surface area contributed by atoms with Gasteiger partial charge < -0.3 is 9.84 Å². The zero-order valence-electron chi connectivity index (χ0n) is 8.82. The zero-order chi connectivity index (χ0) is 11.2. The number of methoxy groups -OCH3 is 1. The largest absolute Gasteiger partial charge is 0.478 e. The van der Waals surface area contributed by atoms with Gasteiger partial charge in [0.25, 0.3) is 0 Å². The quantitative estimate of drug-likeness (QED) is 0.696. The lowest BCUT2D eigenvalue weighted by Gasteiger charge is -2.20. The minimum atomic E-state index is -0.963. The number of carboxylic acids is 1. The van der Waals surface area contributed by atoms with Crippen molar-refractivity contribution in [2.45, 2.75) is 19.8 Å². The Labute approximate surface area is 87.9 Å². The number of aliphatic carboxylic acids is 1. The number of carbonyl (C=O) groups is 2. The molecule has 0 aliphatic heterocycles. The van der Waals surface area contributed by atoms with Crippen LogP contribution >= 0.6 is 0 Å². The molecular formula is C11H14O4. The third-order valence-corrected chi connectivity index (χ3v) is 3.59. The summed E-state index contributed by atoms with van der Waals surface area (Å²) in [6, 6.07) is 0. The first kappa shape index (κ1) is 10.2. The van der Waals surface area contributed by atoms with E-state index in [2.05, 4.69) is 4.74 Å². The van der Waals surface area contributed by atoms with E-state index in [0.717, 1.165) is 12.8 Å². The average Bonchev–Trinajstić information content (AvgIpc) is 2.71. The van der Waals surface area contributed by atoms with Crippen molar-refractivity contribution in [3.63, 3.8) is 0 Å². The summed E-state index contributed by atoms with van der Waals surface area (Å²) in [5, 5.41) is 9.10. The highest BCUT2D eigenvalue weighted by molar-refractivity contribution is 6.01. The number of rotatable bonds is 2. The van der Waals surface area contributed by atoms with Crippen LogP contribution < -0.4 is 0 Å². The number of ether oxygens (including phenoxy) is 1. The number of hydrogen-bond acceptors (Lipinski definition) is 3. The van der Waals surface area contributed by atoms with Crippen LogP contribution in [-0.4, -0.2) is 24.2 Å². The molecule has 3 unspecified atom stereocenters. The normalized spacial score (nSPS) is 33.3. The van der Waals surface area contributed by atoms with Gasteiger partial charge in [0.1, 0.15) is 0 Å². The zero-order valence-corrected chi connectivity index (χ0v) is 8.82. The van der Waals surface area contributed by atoms with Gasteiger partial charge in [0, 0.05) is 0 Å². The Kier molecular flexibility index (Phi) is 2.29. The Bertz CT molecular complexity index is 356. The summed E-state index contributed by atoms with van der Waals surface area (Å²) < 4.78 is 4.64. The molecular weight excluding hydrogens is 196 g/mol. The maximum atomic E-state index is 11.5. The van der Waals surface area contributed by atoms with Crippen LogP contribution in [0.5, 0.6) is 0 Å². The van der Waals surface area contributed by atoms with Gasteiger partial charge in [0.05, 0.1) is 18.3 Å². The fourth-order valence-electron chi connectivity index (χ4n) is 2.97. The SMILES string of the molecule is COC(=O)C1=C(C(=O)O)C2CC1CC2C.